The summed E-state index contributed by atoms with van der Waals surface area (Å²) in [6, 6.07) is 17.5. The zero-order chi connectivity index (χ0) is 24.0. The molecule has 2 saturated heterocycles. The van der Waals surface area contributed by atoms with Crippen LogP contribution >= 0.6 is 11.6 Å². The highest BCUT2D eigenvalue weighted by atomic mass is 35.5. The number of carbonyl (C=O) groups is 2. The number of fused-ring (bicyclic) bond motifs is 1. The molecule has 5 rings (SSSR count). The van der Waals surface area contributed by atoms with Crippen molar-refractivity contribution in [3.05, 3.63) is 83.1 Å². The van der Waals surface area contributed by atoms with Gasteiger partial charge in [-0.3, -0.25) is 14.4 Å². The first-order valence-electron chi connectivity index (χ1n) is 10.5. The van der Waals surface area contributed by atoms with Gasteiger partial charge in [0.2, 0.25) is 5.91 Å². The summed E-state index contributed by atoms with van der Waals surface area (Å²) in [4.78, 5) is 33.9. The van der Waals surface area contributed by atoms with Crippen molar-refractivity contribution >= 4 is 34.8 Å². The Hall–Kier alpha value is -3.62. The number of benzene rings is 3. The third kappa shape index (κ3) is 3.55. The van der Waals surface area contributed by atoms with Crippen molar-refractivity contribution in [3.8, 4) is 11.5 Å². The fourth-order valence-electron chi connectivity index (χ4n) is 4.39. The molecule has 0 N–H and O–H groups in total. The third-order valence-corrected chi connectivity index (χ3v) is 6.37. The lowest BCUT2D eigenvalue weighted by Gasteiger charge is -2.29. The second-order valence-corrected chi connectivity index (χ2v) is 8.31. The predicted molar refractivity (Wildman–Crippen MR) is 123 cm³/mol. The Kier molecular flexibility index (Phi) is 5.63. The summed E-state index contributed by atoms with van der Waals surface area (Å²) in [6.45, 7) is 0. The predicted octanol–water partition coefficient (Wildman–Crippen LogP) is 4.55. The second-order valence-electron chi connectivity index (χ2n) is 7.90. The number of methoxy groups -OCH3 is 2. The molecule has 2 amide bonds. The van der Waals surface area contributed by atoms with E-state index in [0.29, 0.717) is 17.2 Å². The van der Waals surface area contributed by atoms with Crippen LogP contribution in [0.25, 0.3) is 0 Å². The summed E-state index contributed by atoms with van der Waals surface area (Å²) in [5.41, 5.74) is 1.52. The van der Waals surface area contributed by atoms with E-state index in [1.807, 2.05) is 12.1 Å². The highest BCUT2D eigenvalue weighted by molar-refractivity contribution is 6.31. The maximum absolute atomic E-state index is 14.1. The number of amides is 2. The maximum Gasteiger partial charge on any atom is 0.266 e. The first kappa shape index (κ1) is 22.2. The molecule has 3 aromatic carbocycles. The van der Waals surface area contributed by atoms with Crippen molar-refractivity contribution in [3.63, 3.8) is 0 Å². The van der Waals surface area contributed by atoms with Crippen LogP contribution in [0.4, 0.5) is 15.8 Å². The summed E-state index contributed by atoms with van der Waals surface area (Å²) in [5.74, 6) is -1.29. The van der Waals surface area contributed by atoms with Gasteiger partial charge in [0.05, 0.1) is 36.7 Å². The number of hydrogen-bond donors (Lipinski definition) is 0. The van der Waals surface area contributed by atoms with E-state index in [1.165, 1.54) is 12.1 Å². The van der Waals surface area contributed by atoms with Gasteiger partial charge >= 0.3 is 0 Å². The lowest BCUT2D eigenvalue weighted by Crippen LogP contribution is -2.37. The Balaban J connectivity index is 1.56. The molecule has 2 aliphatic rings. The minimum absolute atomic E-state index is 0.0962. The maximum atomic E-state index is 14.1. The van der Waals surface area contributed by atoms with Crippen molar-refractivity contribution in [1.29, 1.82) is 0 Å². The second kappa shape index (κ2) is 8.62. The van der Waals surface area contributed by atoms with Gasteiger partial charge in [-0.15, -0.1) is 0 Å². The van der Waals surface area contributed by atoms with E-state index in [0.717, 1.165) is 16.5 Å². The molecule has 7 nitrogen and oxygen atoms in total. The molecule has 0 saturated carbocycles. The summed E-state index contributed by atoms with van der Waals surface area (Å²) < 4.78 is 24.6. The van der Waals surface area contributed by atoms with E-state index >= 15 is 0 Å². The zero-order valence-corrected chi connectivity index (χ0v) is 19.0. The minimum atomic E-state index is -1.07. The molecule has 3 atom stereocenters. The highest BCUT2D eigenvalue weighted by Gasteiger charge is 2.60. The quantitative estimate of drug-likeness (QED) is 0.497. The van der Waals surface area contributed by atoms with Crippen molar-refractivity contribution < 1.29 is 28.3 Å². The first-order valence-corrected chi connectivity index (χ1v) is 10.9. The normalized spacial score (nSPS) is 21.7. The van der Waals surface area contributed by atoms with E-state index in [9.17, 15) is 14.0 Å². The van der Waals surface area contributed by atoms with Gasteiger partial charge in [-0.25, -0.2) is 14.4 Å². The number of hydrogen-bond acceptors (Lipinski definition) is 6. The lowest BCUT2D eigenvalue weighted by molar-refractivity contribution is -0.126. The summed E-state index contributed by atoms with van der Waals surface area (Å²) in [5, 5.41) is 1.48. The van der Waals surface area contributed by atoms with Crippen LogP contribution in [0.5, 0.6) is 11.5 Å². The Labute approximate surface area is 200 Å². The molecule has 0 aromatic heterocycles. The average molecular weight is 483 g/mol. The van der Waals surface area contributed by atoms with Crippen molar-refractivity contribution in [1.82, 2.24) is 0 Å². The van der Waals surface area contributed by atoms with Crippen LogP contribution in [-0.2, 0) is 14.4 Å². The molecule has 0 bridgehead atoms. The Morgan fingerprint density at radius 3 is 2.03 bits per heavy atom. The van der Waals surface area contributed by atoms with Gasteiger partial charge < -0.3 is 9.47 Å². The fraction of sp³-hybridized carbons (Fsp3) is 0.200. The molecule has 0 radical (unpaired) electrons. The van der Waals surface area contributed by atoms with Gasteiger partial charge in [0.25, 0.3) is 5.91 Å². The molecule has 2 fully saturated rings. The molecule has 34 heavy (non-hydrogen) atoms. The average Bonchev–Trinajstić information content (AvgIpc) is 3.37. The van der Waals surface area contributed by atoms with Gasteiger partial charge in [-0.05, 0) is 60.2 Å². The van der Waals surface area contributed by atoms with Crippen LogP contribution in [-0.4, -0.2) is 32.1 Å². The number of imide groups is 1. The number of halogens is 2. The first-order chi connectivity index (χ1) is 16.4. The van der Waals surface area contributed by atoms with Crippen LogP contribution < -0.4 is 19.4 Å². The van der Waals surface area contributed by atoms with Crippen LogP contribution in [0.15, 0.2) is 66.7 Å². The Morgan fingerprint density at radius 2 is 1.44 bits per heavy atom. The largest absolute Gasteiger partial charge is 0.497 e. The van der Waals surface area contributed by atoms with E-state index in [2.05, 4.69) is 0 Å². The number of carbonyl (C=O) groups excluding carboxylic acids is 2. The third-order valence-electron chi connectivity index (χ3n) is 6.06. The smallest absolute Gasteiger partial charge is 0.266 e. The summed E-state index contributed by atoms with van der Waals surface area (Å²) in [6.07, 6.45) is -1.07. The van der Waals surface area contributed by atoms with Gasteiger partial charge in [0.15, 0.2) is 6.10 Å². The Bertz CT molecular complexity index is 1250. The molecule has 0 aliphatic carbocycles. The molecule has 2 heterocycles. The van der Waals surface area contributed by atoms with Crippen LogP contribution in [0.1, 0.15) is 11.6 Å². The zero-order valence-electron chi connectivity index (χ0n) is 18.3. The van der Waals surface area contributed by atoms with Crippen LogP contribution in [0, 0.1) is 11.7 Å². The van der Waals surface area contributed by atoms with Crippen molar-refractivity contribution in [2.45, 2.75) is 12.1 Å². The van der Waals surface area contributed by atoms with E-state index in [1.54, 1.807) is 55.7 Å². The van der Waals surface area contributed by atoms with E-state index in [4.69, 9.17) is 25.9 Å². The summed E-state index contributed by atoms with van der Waals surface area (Å²) in [7, 11) is 3.13. The number of hydroxylamine groups is 1. The number of ether oxygens (including phenoxy) is 2. The van der Waals surface area contributed by atoms with E-state index in [-0.39, 0.29) is 10.7 Å². The molecule has 2 aliphatic heterocycles. The molecular formula is C25H20ClFN2O5. The lowest BCUT2D eigenvalue weighted by atomic mass is 9.90. The van der Waals surface area contributed by atoms with Crippen LogP contribution in [0.3, 0.4) is 0 Å². The van der Waals surface area contributed by atoms with Crippen molar-refractivity contribution in [2.75, 3.05) is 24.2 Å². The highest BCUT2D eigenvalue weighted by Crippen LogP contribution is 2.48. The molecule has 0 spiro atoms. The van der Waals surface area contributed by atoms with Gasteiger partial charge in [0, 0.05) is 0 Å². The van der Waals surface area contributed by atoms with Gasteiger partial charge in [-0.2, -0.15) is 0 Å². The molecule has 0 unspecified atom stereocenters. The van der Waals surface area contributed by atoms with E-state index < -0.39 is 35.7 Å². The number of rotatable bonds is 5. The van der Waals surface area contributed by atoms with Crippen LogP contribution in [0.2, 0.25) is 5.02 Å². The molecule has 9 heteroatoms. The minimum Gasteiger partial charge on any atom is -0.497 e. The number of anilines is 2. The number of nitrogens with zero attached hydrogens (tertiary/aromatic N) is 2. The SMILES string of the molecule is COc1ccc([C@H]2[C@H]3C(=O)N(c4ccc(Cl)c(F)c4)C(=O)[C@@H]3ON2c2ccc(OC)cc2)cc1. The standard InChI is InChI=1S/C25H20ClFN2O5/c1-32-17-8-3-14(4-9-17)22-21-23(34-29(22)15-5-10-18(33-2)11-6-15)25(31)28(24(21)30)16-7-12-19(26)20(27)13-16/h3-13,21-23H,1-2H3/t21-,22+,23-/m1/s1. The Morgan fingerprint density at radius 1 is 0.853 bits per heavy atom. The summed E-state index contributed by atoms with van der Waals surface area (Å²) >= 11 is 5.78. The van der Waals surface area contributed by atoms with Crippen molar-refractivity contribution in [2.24, 2.45) is 5.92 Å². The molecular weight excluding hydrogens is 463 g/mol. The monoisotopic (exact) mass is 482 g/mol. The van der Waals surface area contributed by atoms with Gasteiger partial charge in [0.1, 0.15) is 23.2 Å². The fourth-order valence-corrected chi connectivity index (χ4v) is 4.50. The molecule has 3 aromatic rings. The molecule has 174 valence electrons. The topological polar surface area (TPSA) is 68.3 Å². The van der Waals surface area contributed by atoms with Gasteiger partial charge in [-0.1, -0.05) is 23.7 Å².